The Morgan fingerprint density at radius 2 is 0.626 bits per heavy atom. The van der Waals surface area contributed by atoms with E-state index in [0.717, 1.165) is 19.8 Å². The van der Waals surface area contributed by atoms with E-state index < -0.39 is 17.6 Å². The van der Waals surface area contributed by atoms with Gasteiger partial charge in [-0.1, -0.05) is 252 Å². The van der Waals surface area contributed by atoms with Crippen molar-refractivity contribution in [3.8, 4) is 11.8 Å². The molecule has 6 heteroatoms. The Morgan fingerprint density at radius 1 is 0.352 bits per heavy atom. The van der Waals surface area contributed by atoms with Crippen LogP contribution >= 0.6 is 11.8 Å². The maximum absolute atomic E-state index is 7.68. The van der Waals surface area contributed by atoms with Crippen molar-refractivity contribution in [1.82, 2.24) is 5.32 Å². The van der Waals surface area contributed by atoms with Crippen LogP contribution in [0.25, 0.3) is 0 Å². The molecule has 0 saturated heterocycles. The zero-order chi connectivity index (χ0) is 78.4. The Labute approximate surface area is 589 Å². The SMILES string of the molecule is CC(C)(C)/C=C/C(C)(C)C.CC(C)(C)C#CC(C)(C)C.CC(C)(C)CCC(C)(C)C.CC(C)(C)CNC(C)(C)C.CC(C)(C)COC(C)(C)C.CC(C)(C)COC(C)(C)C.CC(C)(C)CSC(C)(C)C.CC(OC(C)(C)C)C(C)(C)C.[2H]C([2H])(OC(C)(C)C)C(C)(C)C. The van der Waals surface area contributed by atoms with Gasteiger partial charge in [0, 0.05) is 27.7 Å². The van der Waals surface area contributed by atoms with Crippen molar-refractivity contribution < 1.29 is 21.7 Å². The minimum Gasteiger partial charge on any atom is -0.375 e. The third kappa shape index (κ3) is 155. The summed E-state index contributed by atoms with van der Waals surface area (Å²) >= 11 is 2.04. The smallest absolute Gasteiger partial charge is 0.0602 e. The van der Waals surface area contributed by atoms with Crippen LogP contribution in [0.3, 0.4) is 0 Å². The summed E-state index contributed by atoms with van der Waals surface area (Å²) in [6.07, 6.45) is 7.51. The molecular formula is C85H183NO4S. The monoisotopic (exact) mass is 1320 g/mol. The highest BCUT2D eigenvalue weighted by Gasteiger charge is 2.26. The maximum Gasteiger partial charge on any atom is 0.0602 e. The number of thioether (sulfide) groups is 1. The standard InChI is InChI=1S/C10H22O.C10H22.C10H20.C10H18.C9H21N.3C9H20O.C9H20S/c1-8(9(2,3)4)11-10(5,6)7;3*1-9(2,3)7-8-10(4,5)6;5*1-8(2,3)7-10-9(4,5)6/h8H,1-7H3;7-8H2,1-6H3;7-8H,1-6H3;1-6H3;10H,7H2,1-6H3;4*7H2,1-6H3/b;;8-7+;;;;;;/i;;;;;7D2;;;. The highest BCUT2D eigenvalue weighted by Crippen LogP contribution is 2.32. The molecule has 0 rings (SSSR count). The summed E-state index contributed by atoms with van der Waals surface area (Å²) in [5.41, 5.74) is 2.97. The highest BCUT2D eigenvalue weighted by molar-refractivity contribution is 8.00. The van der Waals surface area contributed by atoms with Crippen molar-refractivity contribution >= 4 is 11.8 Å². The van der Waals surface area contributed by atoms with Crippen molar-refractivity contribution in [2.75, 3.05) is 32.1 Å². The van der Waals surface area contributed by atoms with E-state index in [-0.39, 0.29) is 49.4 Å². The van der Waals surface area contributed by atoms with Gasteiger partial charge in [-0.25, -0.2) is 0 Å². The number of nitrogens with one attached hydrogen (secondary N) is 1. The van der Waals surface area contributed by atoms with Gasteiger partial charge in [0.25, 0.3) is 0 Å². The second-order valence-corrected chi connectivity index (χ2v) is 47.1. The molecule has 0 radical (unpaired) electrons. The molecule has 1 N–H and O–H groups in total. The van der Waals surface area contributed by atoms with Crippen LogP contribution < -0.4 is 5.32 Å². The predicted octanol–water partition coefficient (Wildman–Crippen LogP) is 28.3. The number of hydrogen-bond acceptors (Lipinski definition) is 6. The second-order valence-electron chi connectivity index (χ2n) is 45.3. The highest BCUT2D eigenvalue weighted by atomic mass is 32.2. The van der Waals surface area contributed by atoms with Gasteiger partial charge < -0.3 is 24.3 Å². The Kier molecular flexibility index (Phi) is 49.2. The molecule has 0 saturated carbocycles. The Bertz CT molecular complexity index is 1640. The largest absolute Gasteiger partial charge is 0.375 e. The molecule has 0 aliphatic heterocycles. The molecule has 0 amide bonds. The molecule has 0 bridgehead atoms. The summed E-state index contributed by atoms with van der Waals surface area (Å²) < 4.78 is 38.1. The first-order valence-electron chi connectivity index (χ1n) is 36.3. The van der Waals surface area contributed by atoms with Crippen LogP contribution in [-0.4, -0.2) is 70.9 Å². The van der Waals surface area contributed by atoms with Crippen LogP contribution in [0.5, 0.6) is 0 Å². The van der Waals surface area contributed by atoms with Crippen LogP contribution in [-0.2, 0) is 18.9 Å². The quantitative estimate of drug-likeness (QED) is 0.203. The molecule has 0 aromatic rings. The van der Waals surface area contributed by atoms with Crippen LogP contribution in [0.1, 0.15) is 396 Å². The molecule has 558 valence electrons. The van der Waals surface area contributed by atoms with E-state index in [1.807, 2.05) is 53.3 Å². The average molecular weight is 1320 g/mol. The summed E-state index contributed by atoms with van der Waals surface area (Å²) in [6, 6.07) is 0. The van der Waals surface area contributed by atoms with Gasteiger partial charge in [-0.3, -0.25) is 0 Å². The molecule has 91 heavy (non-hydrogen) atoms. The molecule has 5 nitrogen and oxygen atoms in total. The van der Waals surface area contributed by atoms with Crippen LogP contribution in [0.2, 0.25) is 0 Å². The van der Waals surface area contributed by atoms with E-state index in [2.05, 4.69) is 369 Å². The molecular weight excluding hydrogens is 1130 g/mol. The van der Waals surface area contributed by atoms with Gasteiger partial charge in [-0.05, 0) is 225 Å². The first-order chi connectivity index (χ1) is 39.0. The summed E-state index contributed by atoms with van der Waals surface area (Å²) in [5.74, 6) is 7.67. The van der Waals surface area contributed by atoms with Crippen molar-refractivity contribution in [3.05, 3.63) is 12.2 Å². The molecule has 0 heterocycles. The fraction of sp³-hybridized carbons (Fsp3) is 0.953. The number of ether oxygens (including phenoxy) is 4. The number of hydrogen-bond donors (Lipinski definition) is 1. The Hall–Kier alpha value is -0.550. The summed E-state index contributed by atoms with van der Waals surface area (Å²) in [6.45, 7) is 120. The van der Waals surface area contributed by atoms with Crippen molar-refractivity contribution in [3.63, 3.8) is 0 Å². The number of rotatable bonds is 7. The first kappa shape index (κ1) is 104. The lowest BCUT2D eigenvalue weighted by molar-refractivity contribution is -0.0948. The van der Waals surface area contributed by atoms with Gasteiger partial charge >= 0.3 is 0 Å². The zero-order valence-electron chi connectivity index (χ0n) is 76.0. The maximum atomic E-state index is 7.68. The van der Waals surface area contributed by atoms with Crippen molar-refractivity contribution in [1.29, 1.82) is 0 Å². The molecule has 0 aromatic carbocycles. The van der Waals surface area contributed by atoms with E-state index in [0.29, 0.717) is 43.3 Å². The van der Waals surface area contributed by atoms with Crippen LogP contribution in [0.4, 0.5) is 0 Å². The predicted molar refractivity (Wildman–Crippen MR) is 427 cm³/mol. The van der Waals surface area contributed by atoms with Crippen LogP contribution in [0, 0.1) is 76.8 Å². The average Bonchev–Trinajstić information content (AvgIpc) is 3.18. The second kappa shape index (κ2) is 43.1. The van der Waals surface area contributed by atoms with E-state index >= 15 is 0 Å². The topological polar surface area (TPSA) is 49.0 Å². The lowest BCUT2D eigenvalue weighted by atomic mass is 9.81. The molecule has 0 fully saturated rings. The van der Waals surface area contributed by atoms with Gasteiger partial charge in [0.1, 0.15) is 0 Å². The minimum atomic E-state index is -1.58. The zero-order valence-corrected chi connectivity index (χ0v) is 74.8. The van der Waals surface area contributed by atoms with Gasteiger partial charge in [-0.15, -0.1) is 0 Å². The fourth-order valence-electron chi connectivity index (χ4n) is 4.47. The van der Waals surface area contributed by atoms with E-state index in [9.17, 15) is 0 Å². The molecule has 1 atom stereocenters. The molecule has 0 spiro atoms. The first-order valence-corrected chi connectivity index (χ1v) is 36.3. The molecule has 1 unspecified atom stereocenters. The Balaban J connectivity index is -0.000000122. The van der Waals surface area contributed by atoms with E-state index in [4.69, 9.17) is 21.7 Å². The summed E-state index contributed by atoms with van der Waals surface area (Å²) in [5, 5.41) is 3.46. The third-order valence-corrected chi connectivity index (χ3v) is 11.8. The fourth-order valence-corrected chi connectivity index (χ4v) is 5.33. The minimum absolute atomic E-state index is 0.00722. The number of allylic oxidation sites excluding steroid dienone is 2. The summed E-state index contributed by atoms with van der Waals surface area (Å²) in [4.78, 5) is 0. The van der Waals surface area contributed by atoms with E-state index in [1.165, 1.54) is 18.6 Å². The van der Waals surface area contributed by atoms with Crippen molar-refractivity contribution in [2.45, 2.75) is 432 Å². The van der Waals surface area contributed by atoms with Gasteiger partial charge in [-0.2, -0.15) is 11.8 Å². The van der Waals surface area contributed by atoms with Gasteiger partial charge in [0.2, 0.25) is 0 Å². The molecule has 0 aromatic heterocycles. The van der Waals surface area contributed by atoms with Gasteiger partial charge in [0.05, 0.1) is 51.0 Å². The normalized spacial score (nSPS) is 14.5. The summed E-state index contributed by atoms with van der Waals surface area (Å²) in [7, 11) is 0. The lowest BCUT2D eigenvalue weighted by Crippen LogP contribution is -2.40. The van der Waals surface area contributed by atoms with Crippen molar-refractivity contribution in [2.24, 2.45) is 65.0 Å². The van der Waals surface area contributed by atoms with Crippen LogP contribution in [0.15, 0.2) is 12.2 Å². The molecule has 0 aliphatic carbocycles. The third-order valence-electron chi connectivity index (χ3n) is 9.90. The Morgan fingerprint density at radius 3 is 0.714 bits per heavy atom. The van der Waals surface area contributed by atoms with Gasteiger partial charge in [0.15, 0.2) is 0 Å². The van der Waals surface area contributed by atoms with E-state index in [1.54, 1.807) is 0 Å². The molecule has 0 aliphatic rings. The lowest BCUT2D eigenvalue weighted by Gasteiger charge is -2.33.